The third-order valence-electron chi connectivity index (χ3n) is 2.23. The molecule has 0 aromatic carbocycles. The molecule has 0 aliphatic heterocycles. The van der Waals surface area contributed by atoms with Gasteiger partial charge in [-0.3, -0.25) is 0 Å². The van der Waals surface area contributed by atoms with Crippen LogP contribution in [0.3, 0.4) is 0 Å². The van der Waals surface area contributed by atoms with Crippen LogP contribution in [-0.2, 0) is 4.79 Å². The summed E-state index contributed by atoms with van der Waals surface area (Å²) in [6, 6.07) is 0. The average Bonchev–Trinajstić information content (AvgIpc) is 2.17. The lowest BCUT2D eigenvalue weighted by Gasteiger charge is -2.17. The maximum Gasteiger partial charge on any atom is 0.139 e. The van der Waals surface area contributed by atoms with E-state index in [1.807, 2.05) is 0 Å². The number of aliphatic carboxylic acids is 1. The minimum absolute atomic E-state index is 0.508. The van der Waals surface area contributed by atoms with E-state index in [2.05, 4.69) is 13.8 Å². The van der Waals surface area contributed by atoms with Gasteiger partial charge in [0.2, 0.25) is 0 Å². The zero-order chi connectivity index (χ0) is 11.0. The van der Waals surface area contributed by atoms with Crippen molar-refractivity contribution < 1.29 is 15.0 Å². The normalized spacial score (nSPS) is 15.1. The number of hydrogen-bond acceptors (Lipinski definition) is 4. The molecule has 0 spiro atoms. The Morgan fingerprint density at radius 1 is 1.50 bits per heavy atom. The van der Waals surface area contributed by atoms with Crippen molar-refractivity contribution in [3.8, 4) is 0 Å². The molecule has 3 nitrogen and oxygen atoms in total. The predicted octanol–water partition coefficient (Wildman–Crippen LogP) is 1.00. The van der Waals surface area contributed by atoms with E-state index in [-0.39, 0.29) is 0 Å². The molecule has 14 heavy (non-hydrogen) atoms. The smallest absolute Gasteiger partial charge is 0.139 e. The van der Waals surface area contributed by atoms with Crippen molar-refractivity contribution in [2.75, 3.05) is 5.75 Å². The van der Waals surface area contributed by atoms with Gasteiger partial charge < -0.3 is 15.0 Å². The van der Waals surface area contributed by atoms with E-state index >= 15 is 0 Å². The third-order valence-corrected chi connectivity index (χ3v) is 3.41. The van der Waals surface area contributed by atoms with Gasteiger partial charge >= 0.3 is 0 Å². The highest BCUT2D eigenvalue weighted by atomic mass is 32.2. The fourth-order valence-corrected chi connectivity index (χ4v) is 2.19. The largest absolute Gasteiger partial charge is 0.546 e. The van der Waals surface area contributed by atoms with E-state index < -0.39 is 11.4 Å². The van der Waals surface area contributed by atoms with Crippen LogP contribution in [0, 0.1) is 5.92 Å². The zero-order valence-corrected chi connectivity index (χ0v) is 9.68. The van der Waals surface area contributed by atoms with Crippen molar-refractivity contribution in [2.45, 2.75) is 45.0 Å². The summed E-state index contributed by atoms with van der Waals surface area (Å²) in [5, 5.41) is 19.2. The molecule has 0 amide bonds. The Balaban J connectivity index is 3.66. The van der Waals surface area contributed by atoms with Gasteiger partial charge in [-0.1, -0.05) is 33.1 Å². The Morgan fingerprint density at radius 3 is 2.57 bits per heavy atom. The Bertz CT molecular complexity index is 161. The summed E-state index contributed by atoms with van der Waals surface area (Å²) in [7, 11) is 0. The maximum atomic E-state index is 10.2. The van der Waals surface area contributed by atoms with E-state index in [4.69, 9.17) is 5.11 Å². The van der Waals surface area contributed by atoms with Crippen molar-refractivity contribution in [1.82, 2.24) is 0 Å². The van der Waals surface area contributed by atoms with Gasteiger partial charge in [-0.2, -0.15) is 0 Å². The van der Waals surface area contributed by atoms with E-state index in [9.17, 15) is 9.90 Å². The molecule has 4 heteroatoms. The molecule has 0 bridgehead atoms. The Hall–Kier alpha value is -0.220. The van der Waals surface area contributed by atoms with Gasteiger partial charge in [-0.25, -0.2) is 0 Å². The van der Waals surface area contributed by atoms with Crippen molar-refractivity contribution >= 4 is 17.7 Å². The average molecular weight is 219 g/mol. The molecule has 0 saturated carbocycles. The van der Waals surface area contributed by atoms with Crippen LogP contribution < -0.4 is 5.11 Å². The van der Waals surface area contributed by atoms with Crippen LogP contribution in [0.5, 0.6) is 0 Å². The zero-order valence-electron chi connectivity index (χ0n) is 8.86. The van der Waals surface area contributed by atoms with Crippen LogP contribution in [0.2, 0.25) is 0 Å². The second-order valence-electron chi connectivity index (χ2n) is 3.42. The number of aliphatic hydroxyl groups is 1. The number of hydrogen-bond donors (Lipinski definition) is 1. The van der Waals surface area contributed by atoms with E-state index in [1.165, 1.54) is 6.42 Å². The Morgan fingerprint density at radius 2 is 2.14 bits per heavy atom. The summed E-state index contributed by atoms with van der Waals surface area (Å²) in [5.41, 5.74) is -1.37. The van der Waals surface area contributed by atoms with Crippen LogP contribution in [0.15, 0.2) is 0 Å². The highest BCUT2D eigenvalue weighted by molar-refractivity contribution is 8.00. The number of carbonyl (C=O) groups is 1. The number of carbonyl (C=O) groups excluding carboxylic acids is 1. The number of carboxylic acid groups (broad SMARTS) is 1. The summed E-state index contributed by atoms with van der Waals surface area (Å²) in [6.07, 6.45) is 4.47. The molecule has 0 aliphatic carbocycles. The van der Waals surface area contributed by atoms with Crippen LogP contribution in [0.25, 0.3) is 0 Å². The minimum atomic E-state index is -1.39. The second-order valence-corrected chi connectivity index (χ2v) is 4.53. The molecule has 2 unspecified atom stereocenters. The first-order chi connectivity index (χ1) is 6.61. The lowest BCUT2D eigenvalue weighted by atomic mass is 10.0. The quantitative estimate of drug-likeness (QED) is 0.619. The first kappa shape index (κ1) is 13.8. The molecule has 0 aromatic rings. The van der Waals surface area contributed by atoms with Gasteiger partial charge in [-0.15, -0.1) is 11.8 Å². The molecular formula is C10H19O3S-. The SMILES string of the molecule is CCCCC(CC)CSC(O)C(=O)[O-]. The lowest BCUT2D eigenvalue weighted by molar-refractivity contribution is -0.310. The molecule has 84 valence electrons. The van der Waals surface area contributed by atoms with Crippen molar-refractivity contribution in [3.05, 3.63) is 0 Å². The Labute approximate surface area is 89.9 Å². The molecule has 1 N–H and O–H groups in total. The molecular weight excluding hydrogens is 200 g/mol. The topological polar surface area (TPSA) is 60.4 Å². The van der Waals surface area contributed by atoms with E-state index in [0.29, 0.717) is 11.7 Å². The first-order valence-electron chi connectivity index (χ1n) is 5.12. The van der Waals surface area contributed by atoms with Crippen LogP contribution in [0.1, 0.15) is 39.5 Å². The van der Waals surface area contributed by atoms with Crippen molar-refractivity contribution in [1.29, 1.82) is 0 Å². The van der Waals surface area contributed by atoms with Gasteiger partial charge in [0.1, 0.15) is 5.44 Å². The standard InChI is InChI=1S/C10H20O3S/c1-3-5-6-8(4-2)7-14-10(13)9(11)12/h8,10,13H,3-7H2,1-2H3,(H,11,12)/p-1. The second kappa shape index (κ2) is 8.12. The summed E-state index contributed by atoms with van der Waals surface area (Å²) in [4.78, 5) is 10.2. The first-order valence-corrected chi connectivity index (χ1v) is 6.17. The van der Waals surface area contributed by atoms with Crippen molar-refractivity contribution in [2.24, 2.45) is 5.92 Å². The number of thioether (sulfide) groups is 1. The van der Waals surface area contributed by atoms with E-state index in [1.54, 1.807) is 0 Å². The minimum Gasteiger partial charge on any atom is -0.546 e. The number of rotatable bonds is 8. The lowest BCUT2D eigenvalue weighted by Crippen LogP contribution is -2.33. The highest BCUT2D eigenvalue weighted by Gasteiger charge is 2.10. The van der Waals surface area contributed by atoms with Crippen LogP contribution in [0.4, 0.5) is 0 Å². The van der Waals surface area contributed by atoms with Crippen LogP contribution in [-0.4, -0.2) is 22.3 Å². The number of carboxylic acids is 1. The monoisotopic (exact) mass is 219 g/mol. The summed E-state index contributed by atoms with van der Waals surface area (Å²) in [6.45, 7) is 4.22. The molecule has 0 fully saturated rings. The maximum absolute atomic E-state index is 10.2. The highest BCUT2D eigenvalue weighted by Crippen LogP contribution is 2.20. The molecule has 0 radical (unpaired) electrons. The summed E-state index contributed by atoms with van der Waals surface area (Å²) < 4.78 is 0. The molecule has 0 rings (SSSR count). The molecule has 0 saturated heterocycles. The van der Waals surface area contributed by atoms with E-state index in [0.717, 1.165) is 31.0 Å². The fraction of sp³-hybridized carbons (Fsp3) is 0.900. The van der Waals surface area contributed by atoms with Gasteiger partial charge in [0.05, 0.1) is 5.97 Å². The molecule has 0 aliphatic rings. The number of unbranched alkanes of at least 4 members (excludes halogenated alkanes) is 1. The van der Waals surface area contributed by atoms with Crippen LogP contribution >= 0.6 is 11.8 Å². The van der Waals surface area contributed by atoms with Gasteiger partial charge in [0.25, 0.3) is 0 Å². The molecule has 0 aromatic heterocycles. The van der Waals surface area contributed by atoms with Gasteiger partial charge in [0.15, 0.2) is 0 Å². The Kier molecular flexibility index (Phi) is 7.99. The molecule has 2 atom stereocenters. The third kappa shape index (κ3) is 6.27. The van der Waals surface area contributed by atoms with Gasteiger partial charge in [0, 0.05) is 0 Å². The molecule has 0 heterocycles. The van der Waals surface area contributed by atoms with Gasteiger partial charge in [-0.05, 0) is 18.1 Å². The summed E-state index contributed by atoms with van der Waals surface area (Å²) in [5.74, 6) is -0.180. The van der Waals surface area contributed by atoms with Crippen molar-refractivity contribution in [3.63, 3.8) is 0 Å². The predicted molar refractivity (Wildman–Crippen MR) is 56.8 cm³/mol. The fourth-order valence-electron chi connectivity index (χ4n) is 1.19. The number of aliphatic hydroxyl groups excluding tert-OH is 1. The summed E-state index contributed by atoms with van der Waals surface area (Å²) >= 11 is 1.06.